The minimum atomic E-state index is -0.361. The number of phenols is 2. The fourth-order valence-electron chi connectivity index (χ4n) is 2.78. The van der Waals surface area contributed by atoms with Crippen molar-refractivity contribution in [1.29, 1.82) is 0 Å². The average molecular weight is 292 g/mol. The highest BCUT2D eigenvalue weighted by atomic mass is 16.3. The van der Waals surface area contributed by atoms with E-state index in [1.54, 1.807) is 6.07 Å². The minimum absolute atomic E-state index is 0.112. The summed E-state index contributed by atoms with van der Waals surface area (Å²) in [4.78, 5) is 14.4. The van der Waals surface area contributed by atoms with Crippen molar-refractivity contribution < 1.29 is 15.0 Å². The Hall–Kier alpha value is -1.75. The molecular formula is C16H24N2O3. The van der Waals surface area contributed by atoms with Gasteiger partial charge in [-0.05, 0) is 44.9 Å². The summed E-state index contributed by atoms with van der Waals surface area (Å²) in [6.45, 7) is 4.94. The number of hydrogen-bond acceptors (Lipinski definition) is 4. The van der Waals surface area contributed by atoms with Crippen molar-refractivity contribution in [2.24, 2.45) is 0 Å². The van der Waals surface area contributed by atoms with E-state index in [1.807, 2.05) is 0 Å². The molecule has 0 spiro atoms. The zero-order valence-corrected chi connectivity index (χ0v) is 12.5. The summed E-state index contributed by atoms with van der Waals surface area (Å²) >= 11 is 0. The van der Waals surface area contributed by atoms with Crippen LogP contribution in [-0.2, 0) is 0 Å². The van der Waals surface area contributed by atoms with Crippen molar-refractivity contribution in [1.82, 2.24) is 10.2 Å². The van der Waals surface area contributed by atoms with E-state index in [0.29, 0.717) is 12.6 Å². The summed E-state index contributed by atoms with van der Waals surface area (Å²) in [5.41, 5.74) is 0.112. The number of rotatable bonds is 5. The maximum atomic E-state index is 11.9. The quantitative estimate of drug-likeness (QED) is 0.574. The summed E-state index contributed by atoms with van der Waals surface area (Å²) in [5, 5.41) is 21.8. The number of piperidine rings is 1. The second-order valence-electron chi connectivity index (χ2n) is 5.66. The monoisotopic (exact) mass is 292 g/mol. The fourth-order valence-corrected chi connectivity index (χ4v) is 2.78. The molecule has 116 valence electrons. The second kappa shape index (κ2) is 7.31. The van der Waals surface area contributed by atoms with Crippen LogP contribution in [0.1, 0.15) is 43.0 Å². The van der Waals surface area contributed by atoms with Crippen molar-refractivity contribution in [3.05, 3.63) is 23.8 Å². The van der Waals surface area contributed by atoms with Crippen molar-refractivity contribution in [3.63, 3.8) is 0 Å². The van der Waals surface area contributed by atoms with Crippen LogP contribution in [0, 0.1) is 0 Å². The van der Waals surface area contributed by atoms with E-state index >= 15 is 0 Å². The Balaban J connectivity index is 1.75. The third kappa shape index (κ3) is 4.11. The summed E-state index contributed by atoms with van der Waals surface area (Å²) in [6.07, 6.45) is 4.71. The second-order valence-corrected chi connectivity index (χ2v) is 5.66. The van der Waals surface area contributed by atoms with E-state index in [1.165, 1.54) is 31.4 Å². The largest absolute Gasteiger partial charge is 0.504 e. The first-order valence-corrected chi connectivity index (χ1v) is 7.63. The van der Waals surface area contributed by atoms with Gasteiger partial charge in [-0.25, -0.2) is 0 Å². The van der Waals surface area contributed by atoms with Gasteiger partial charge in [-0.15, -0.1) is 0 Å². The van der Waals surface area contributed by atoms with Gasteiger partial charge in [-0.2, -0.15) is 0 Å². The summed E-state index contributed by atoms with van der Waals surface area (Å²) in [7, 11) is 0. The maximum absolute atomic E-state index is 11.9. The molecule has 1 amide bonds. The fraction of sp³-hybridized carbons (Fsp3) is 0.562. The standard InChI is InChI=1S/C16H24N2O3/c1-12-6-2-3-10-18(12)11-5-9-17-16(21)13-7-4-8-14(19)15(13)20/h4,7-8,12,19-20H,2-3,5-6,9-11H2,1H3,(H,17,21). The number of nitrogens with one attached hydrogen (secondary N) is 1. The first-order chi connectivity index (χ1) is 10.1. The van der Waals surface area contributed by atoms with Crippen LogP contribution in [-0.4, -0.2) is 46.7 Å². The lowest BCUT2D eigenvalue weighted by Gasteiger charge is -2.33. The van der Waals surface area contributed by atoms with E-state index in [0.717, 1.165) is 19.5 Å². The first-order valence-electron chi connectivity index (χ1n) is 7.63. The number of aromatic hydroxyl groups is 2. The zero-order chi connectivity index (χ0) is 15.2. The van der Waals surface area contributed by atoms with Crippen molar-refractivity contribution in [2.45, 2.75) is 38.6 Å². The number of hydrogen-bond donors (Lipinski definition) is 3. The SMILES string of the molecule is CC1CCCCN1CCCNC(=O)c1cccc(O)c1O. The van der Waals surface area contributed by atoms with Gasteiger partial charge in [0.05, 0.1) is 5.56 Å². The van der Waals surface area contributed by atoms with Gasteiger partial charge < -0.3 is 20.4 Å². The van der Waals surface area contributed by atoms with Gasteiger partial charge in [0.25, 0.3) is 5.91 Å². The molecule has 21 heavy (non-hydrogen) atoms. The van der Waals surface area contributed by atoms with Gasteiger partial charge in [0.2, 0.25) is 0 Å². The van der Waals surface area contributed by atoms with E-state index in [-0.39, 0.29) is 23.0 Å². The Morgan fingerprint density at radius 2 is 2.19 bits per heavy atom. The highest BCUT2D eigenvalue weighted by molar-refractivity contribution is 5.97. The smallest absolute Gasteiger partial charge is 0.255 e. The Kier molecular flexibility index (Phi) is 5.44. The topological polar surface area (TPSA) is 72.8 Å². The molecule has 1 unspecified atom stereocenters. The molecule has 1 aliphatic heterocycles. The predicted molar refractivity (Wildman–Crippen MR) is 81.6 cm³/mol. The molecule has 1 fully saturated rings. The van der Waals surface area contributed by atoms with Gasteiger partial charge in [0.15, 0.2) is 11.5 Å². The lowest BCUT2D eigenvalue weighted by Crippen LogP contribution is -2.39. The van der Waals surface area contributed by atoms with Crippen LogP contribution in [0.5, 0.6) is 11.5 Å². The molecule has 0 aliphatic carbocycles. The summed E-state index contributed by atoms with van der Waals surface area (Å²) in [5.74, 6) is -0.987. The van der Waals surface area contributed by atoms with E-state index in [2.05, 4.69) is 17.1 Å². The normalized spacial score (nSPS) is 19.4. The van der Waals surface area contributed by atoms with Crippen molar-refractivity contribution in [2.75, 3.05) is 19.6 Å². The van der Waals surface area contributed by atoms with Crippen LogP contribution in [0.2, 0.25) is 0 Å². The number of amides is 1. The molecule has 0 bridgehead atoms. The van der Waals surface area contributed by atoms with E-state index in [9.17, 15) is 15.0 Å². The van der Waals surface area contributed by atoms with E-state index in [4.69, 9.17) is 0 Å². The number of carbonyl (C=O) groups is 1. The number of benzene rings is 1. The summed E-state index contributed by atoms with van der Waals surface area (Å²) < 4.78 is 0. The molecule has 5 heteroatoms. The Bertz CT molecular complexity index is 490. The lowest BCUT2D eigenvalue weighted by atomic mass is 10.0. The number of phenolic OH excluding ortho intramolecular Hbond substituents is 2. The van der Waals surface area contributed by atoms with E-state index < -0.39 is 0 Å². The molecule has 2 rings (SSSR count). The molecule has 0 aromatic heterocycles. The number of para-hydroxylation sites is 1. The maximum Gasteiger partial charge on any atom is 0.255 e. The molecule has 0 saturated carbocycles. The Morgan fingerprint density at radius 1 is 1.38 bits per heavy atom. The van der Waals surface area contributed by atoms with Crippen molar-refractivity contribution in [3.8, 4) is 11.5 Å². The third-order valence-electron chi connectivity index (χ3n) is 4.11. The molecule has 0 radical (unpaired) electrons. The van der Waals surface area contributed by atoms with Gasteiger partial charge in [0.1, 0.15) is 0 Å². The third-order valence-corrected chi connectivity index (χ3v) is 4.11. The Morgan fingerprint density at radius 3 is 2.95 bits per heavy atom. The molecule has 1 atom stereocenters. The van der Waals surface area contributed by atoms with Gasteiger partial charge in [0, 0.05) is 19.1 Å². The molecule has 1 aliphatic rings. The van der Waals surface area contributed by atoms with Gasteiger partial charge >= 0.3 is 0 Å². The van der Waals surface area contributed by atoms with Gasteiger partial charge in [-0.3, -0.25) is 4.79 Å². The average Bonchev–Trinajstić information content (AvgIpc) is 2.48. The molecule has 1 saturated heterocycles. The predicted octanol–water partition coefficient (Wildman–Crippen LogP) is 2.09. The highest BCUT2D eigenvalue weighted by Gasteiger charge is 2.17. The van der Waals surface area contributed by atoms with Crippen LogP contribution >= 0.6 is 0 Å². The molecule has 1 aromatic rings. The molecule has 5 nitrogen and oxygen atoms in total. The lowest BCUT2D eigenvalue weighted by molar-refractivity contribution is 0.0945. The minimum Gasteiger partial charge on any atom is -0.504 e. The molecule has 1 aromatic carbocycles. The van der Waals surface area contributed by atoms with Gasteiger partial charge in [-0.1, -0.05) is 12.5 Å². The molecular weight excluding hydrogens is 268 g/mol. The number of carbonyl (C=O) groups excluding carboxylic acids is 1. The van der Waals surface area contributed by atoms with Crippen LogP contribution < -0.4 is 5.32 Å². The van der Waals surface area contributed by atoms with Crippen LogP contribution in [0.4, 0.5) is 0 Å². The van der Waals surface area contributed by atoms with Crippen LogP contribution in [0.15, 0.2) is 18.2 Å². The van der Waals surface area contributed by atoms with Crippen molar-refractivity contribution >= 4 is 5.91 Å². The number of likely N-dealkylation sites (tertiary alicyclic amines) is 1. The molecule has 1 heterocycles. The zero-order valence-electron chi connectivity index (χ0n) is 12.5. The first kappa shape index (κ1) is 15.6. The summed E-state index contributed by atoms with van der Waals surface area (Å²) in [6, 6.07) is 5.02. The Labute approximate surface area is 125 Å². The molecule has 3 N–H and O–H groups in total. The van der Waals surface area contributed by atoms with Crippen LogP contribution in [0.25, 0.3) is 0 Å². The van der Waals surface area contributed by atoms with Crippen LogP contribution in [0.3, 0.4) is 0 Å². The highest BCUT2D eigenvalue weighted by Crippen LogP contribution is 2.27. The number of nitrogens with zero attached hydrogens (tertiary/aromatic N) is 1.